The van der Waals surface area contributed by atoms with Crippen LogP contribution in [0, 0.1) is 5.82 Å². The van der Waals surface area contributed by atoms with E-state index in [4.69, 9.17) is 9.76 Å². The molecular formula is C12H9BFO2. The van der Waals surface area contributed by atoms with E-state index >= 15 is 0 Å². The molecule has 1 radical (unpaired) electrons. The van der Waals surface area contributed by atoms with Crippen LogP contribution in [0.25, 0.3) is 0 Å². The van der Waals surface area contributed by atoms with Crippen LogP contribution < -0.4 is 10.2 Å². The molecule has 0 saturated heterocycles. The van der Waals surface area contributed by atoms with Crippen molar-refractivity contribution in [1.29, 1.82) is 0 Å². The Bertz CT molecular complexity index is 471. The monoisotopic (exact) mass is 215 g/mol. The lowest BCUT2D eigenvalue weighted by molar-refractivity contribution is 0.477. The minimum atomic E-state index is -0.335. The number of hydrogen-bond donors (Lipinski definition) is 1. The normalized spacial score (nSPS) is 9.88. The van der Waals surface area contributed by atoms with E-state index in [-0.39, 0.29) is 5.82 Å². The number of halogens is 1. The topological polar surface area (TPSA) is 29.5 Å². The summed E-state index contributed by atoms with van der Waals surface area (Å²) in [6.45, 7) is 0. The maximum atomic E-state index is 12.9. The third-order valence-electron chi connectivity index (χ3n) is 2.06. The maximum Gasteiger partial charge on any atom is 0.326 e. The van der Waals surface area contributed by atoms with Crippen LogP contribution in [-0.4, -0.2) is 12.5 Å². The Hall–Kier alpha value is -1.81. The summed E-state index contributed by atoms with van der Waals surface area (Å²) in [6, 6.07) is 12.7. The third kappa shape index (κ3) is 2.61. The van der Waals surface area contributed by atoms with Crippen molar-refractivity contribution in [2.75, 3.05) is 0 Å². The highest BCUT2D eigenvalue weighted by Crippen LogP contribution is 2.20. The molecular weight excluding hydrogens is 206 g/mol. The molecule has 1 N–H and O–H groups in total. The SMILES string of the molecule is O[B]c1ccc(Oc2cccc(F)c2)cc1. The molecule has 0 fully saturated rings. The van der Waals surface area contributed by atoms with Crippen LogP contribution in [0.5, 0.6) is 11.5 Å². The van der Waals surface area contributed by atoms with Crippen molar-refractivity contribution in [3.05, 3.63) is 54.3 Å². The van der Waals surface area contributed by atoms with Gasteiger partial charge in [0.2, 0.25) is 0 Å². The number of rotatable bonds is 3. The number of benzene rings is 2. The highest BCUT2D eigenvalue weighted by atomic mass is 19.1. The summed E-state index contributed by atoms with van der Waals surface area (Å²) in [5.41, 5.74) is 0.687. The molecule has 79 valence electrons. The van der Waals surface area contributed by atoms with Crippen LogP contribution in [0.1, 0.15) is 0 Å². The summed E-state index contributed by atoms with van der Waals surface area (Å²) < 4.78 is 18.3. The first-order chi connectivity index (χ1) is 7.78. The molecule has 0 heterocycles. The predicted molar refractivity (Wildman–Crippen MR) is 60.5 cm³/mol. The molecule has 2 rings (SSSR count). The Morgan fingerprint density at radius 1 is 1.00 bits per heavy atom. The lowest BCUT2D eigenvalue weighted by Crippen LogP contribution is -2.11. The van der Waals surface area contributed by atoms with Gasteiger partial charge in [0.1, 0.15) is 17.3 Å². The van der Waals surface area contributed by atoms with E-state index in [1.54, 1.807) is 36.4 Å². The van der Waals surface area contributed by atoms with Gasteiger partial charge in [-0.05, 0) is 24.3 Å². The fraction of sp³-hybridized carbons (Fsp3) is 0. The van der Waals surface area contributed by atoms with Gasteiger partial charge < -0.3 is 9.76 Å². The third-order valence-corrected chi connectivity index (χ3v) is 2.06. The first kappa shape index (κ1) is 10.7. The molecule has 16 heavy (non-hydrogen) atoms. The van der Waals surface area contributed by atoms with Gasteiger partial charge in [-0.2, -0.15) is 0 Å². The molecule has 0 aromatic heterocycles. The molecule has 0 bridgehead atoms. The van der Waals surface area contributed by atoms with Crippen molar-refractivity contribution in [2.45, 2.75) is 0 Å². The van der Waals surface area contributed by atoms with E-state index in [0.29, 0.717) is 17.0 Å². The Labute approximate surface area is 93.6 Å². The highest BCUT2D eigenvalue weighted by molar-refractivity contribution is 6.45. The van der Waals surface area contributed by atoms with E-state index < -0.39 is 0 Å². The van der Waals surface area contributed by atoms with Crippen molar-refractivity contribution in [1.82, 2.24) is 0 Å². The minimum absolute atomic E-state index is 0.335. The molecule has 0 saturated carbocycles. The first-order valence-electron chi connectivity index (χ1n) is 4.79. The van der Waals surface area contributed by atoms with Gasteiger partial charge in [-0.25, -0.2) is 4.39 Å². The van der Waals surface area contributed by atoms with Gasteiger partial charge >= 0.3 is 7.48 Å². The van der Waals surface area contributed by atoms with Crippen molar-refractivity contribution < 1.29 is 14.2 Å². The van der Waals surface area contributed by atoms with Gasteiger partial charge in [0.15, 0.2) is 0 Å². The molecule has 2 aromatic carbocycles. The van der Waals surface area contributed by atoms with Crippen molar-refractivity contribution >= 4 is 12.9 Å². The van der Waals surface area contributed by atoms with Gasteiger partial charge in [-0.3, -0.25) is 0 Å². The standard InChI is InChI=1S/C12H9BFO2/c14-10-2-1-3-12(8-10)16-11-6-4-9(13-15)5-7-11/h1-8,15H. The molecule has 0 atom stereocenters. The lowest BCUT2D eigenvalue weighted by atomic mass is 9.89. The molecule has 0 unspecified atom stereocenters. The van der Waals surface area contributed by atoms with E-state index in [2.05, 4.69) is 0 Å². The fourth-order valence-electron chi connectivity index (χ4n) is 1.29. The zero-order valence-electron chi connectivity index (χ0n) is 8.43. The second kappa shape index (κ2) is 4.81. The highest BCUT2D eigenvalue weighted by Gasteiger charge is 1.99. The van der Waals surface area contributed by atoms with Crippen molar-refractivity contribution in [3.63, 3.8) is 0 Å². The van der Waals surface area contributed by atoms with E-state index in [1.807, 2.05) is 0 Å². The summed E-state index contributed by atoms with van der Waals surface area (Å²) in [7, 11) is 1.01. The molecule has 0 aliphatic heterocycles. The van der Waals surface area contributed by atoms with Crippen molar-refractivity contribution in [3.8, 4) is 11.5 Å². The Kier molecular flexibility index (Phi) is 3.22. The van der Waals surface area contributed by atoms with Crippen LogP contribution in [0.2, 0.25) is 0 Å². The Morgan fingerprint density at radius 3 is 2.38 bits per heavy atom. The summed E-state index contributed by atoms with van der Waals surface area (Å²) in [5, 5.41) is 8.74. The summed E-state index contributed by atoms with van der Waals surface area (Å²) >= 11 is 0. The maximum absolute atomic E-state index is 12.9. The summed E-state index contributed by atoms with van der Waals surface area (Å²) in [4.78, 5) is 0. The molecule has 0 spiro atoms. The largest absolute Gasteiger partial charge is 0.457 e. The molecule has 2 nitrogen and oxygen atoms in total. The average molecular weight is 215 g/mol. The zero-order chi connectivity index (χ0) is 11.4. The molecule has 2 aromatic rings. The molecule has 4 heteroatoms. The summed E-state index contributed by atoms with van der Waals surface area (Å²) in [5.74, 6) is 0.703. The number of hydrogen-bond acceptors (Lipinski definition) is 2. The van der Waals surface area contributed by atoms with Gasteiger partial charge in [-0.1, -0.05) is 23.7 Å². The van der Waals surface area contributed by atoms with E-state index in [1.165, 1.54) is 12.1 Å². The van der Waals surface area contributed by atoms with E-state index in [9.17, 15) is 4.39 Å². The van der Waals surface area contributed by atoms with Gasteiger partial charge in [-0.15, -0.1) is 0 Å². The molecule has 0 amide bonds. The Balaban J connectivity index is 2.14. The second-order valence-corrected chi connectivity index (χ2v) is 3.26. The lowest BCUT2D eigenvalue weighted by Gasteiger charge is -2.05. The van der Waals surface area contributed by atoms with Gasteiger partial charge in [0, 0.05) is 6.07 Å². The Morgan fingerprint density at radius 2 is 1.75 bits per heavy atom. The second-order valence-electron chi connectivity index (χ2n) is 3.26. The van der Waals surface area contributed by atoms with Crippen molar-refractivity contribution in [2.24, 2.45) is 0 Å². The average Bonchev–Trinajstić information content (AvgIpc) is 2.30. The van der Waals surface area contributed by atoms with Crippen LogP contribution in [0.3, 0.4) is 0 Å². The molecule has 0 aliphatic carbocycles. The minimum Gasteiger partial charge on any atom is -0.457 e. The van der Waals surface area contributed by atoms with Gasteiger partial charge in [0.05, 0.1) is 0 Å². The van der Waals surface area contributed by atoms with Crippen LogP contribution in [0.15, 0.2) is 48.5 Å². The summed E-state index contributed by atoms with van der Waals surface area (Å²) in [6.07, 6.45) is 0. The number of ether oxygens (including phenoxy) is 1. The quantitative estimate of drug-likeness (QED) is 0.791. The van der Waals surface area contributed by atoms with Crippen LogP contribution >= 0.6 is 0 Å². The zero-order valence-corrected chi connectivity index (χ0v) is 8.43. The van der Waals surface area contributed by atoms with Crippen LogP contribution in [0.4, 0.5) is 4.39 Å². The van der Waals surface area contributed by atoms with Gasteiger partial charge in [0.25, 0.3) is 0 Å². The fourth-order valence-corrected chi connectivity index (χ4v) is 1.29. The first-order valence-corrected chi connectivity index (χ1v) is 4.79. The van der Waals surface area contributed by atoms with E-state index in [0.717, 1.165) is 7.48 Å². The van der Waals surface area contributed by atoms with Crippen LogP contribution in [-0.2, 0) is 0 Å². The molecule has 0 aliphatic rings. The smallest absolute Gasteiger partial charge is 0.326 e. The predicted octanol–water partition coefficient (Wildman–Crippen LogP) is 1.85.